The molecule has 0 radical (unpaired) electrons. The largest absolute Gasteiger partial charge is 0.426 e. The van der Waals surface area contributed by atoms with E-state index in [1.807, 2.05) is 0 Å². The first-order valence-corrected chi connectivity index (χ1v) is 8.53. The van der Waals surface area contributed by atoms with Crippen molar-refractivity contribution in [2.24, 2.45) is 0 Å². The molecule has 0 saturated heterocycles. The van der Waals surface area contributed by atoms with E-state index in [9.17, 15) is 24.4 Å². The molecule has 0 aliphatic carbocycles. The number of anilines is 1. The highest BCUT2D eigenvalue weighted by molar-refractivity contribution is 6.34. The summed E-state index contributed by atoms with van der Waals surface area (Å²) in [6.45, 7) is 8.10. The van der Waals surface area contributed by atoms with Crippen LogP contribution in [0.3, 0.4) is 0 Å². The van der Waals surface area contributed by atoms with Crippen LogP contribution in [0.15, 0.2) is 28.3 Å². The molecule has 0 unspecified atom stereocenters. The Kier molecular flexibility index (Phi) is 10.2. The van der Waals surface area contributed by atoms with Crippen LogP contribution in [0.5, 0.6) is 0 Å². The van der Waals surface area contributed by atoms with Gasteiger partial charge < -0.3 is 20.7 Å². The Balaban J connectivity index is 0.00000210. The SMILES string of the molecule is CCC.CCN/C(C)=C(\Nc1cc(=O)cc(C(=O)N(C)C)n1O)C(=O)C=O. The van der Waals surface area contributed by atoms with Gasteiger partial charge >= 0.3 is 0 Å². The number of amides is 1. The number of rotatable bonds is 7. The van der Waals surface area contributed by atoms with E-state index in [0.717, 1.165) is 12.1 Å². The molecule has 1 amide bonds. The topological polar surface area (TPSA) is 121 Å². The monoisotopic (exact) mass is 380 g/mol. The number of pyridine rings is 1. The second-order valence-corrected chi connectivity index (χ2v) is 5.82. The van der Waals surface area contributed by atoms with Crippen molar-refractivity contribution in [3.8, 4) is 0 Å². The maximum atomic E-state index is 12.0. The van der Waals surface area contributed by atoms with E-state index in [-0.39, 0.29) is 23.5 Å². The molecule has 0 aliphatic rings. The van der Waals surface area contributed by atoms with Crippen LogP contribution in [0.4, 0.5) is 5.82 Å². The third-order valence-electron chi connectivity index (χ3n) is 3.06. The van der Waals surface area contributed by atoms with Crippen LogP contribution in [0.25, 0.3) is 0 Å². The Bertz CT molecular complexity index is 766. The highest BCUT2D eigenvalue weighted by Gasteiger charge is 2.19. The van der Waals surface area contributed by atoms with Crippen molar-refractivity contribution >= 4 is 23.8 Å². The third-order valence-corrected chi connectivity index (χ3v) is 3.06. The molecule has 150 valence electrons. The van der Waals surface area contributed by atoms with E-state index in [0.29, 0.717) is 17.0 Å². The first-order chi connectivity index (χ1) is 12.6. The Morgan fingerprint density at radius 1 is 1.22 bits per heavy atom. The zero-order valence-corrected chi connectivity index (χ0v) is 16.6. The van der Waals surface area contributed by atoms with Crippen molar-refractivity contribution in [2.45, 2.75) is 34.1 Å². The Labute approximate surface area is 158 Å². The Morgan fingerprint density at radius 3 is 2.22 bits per heavy atom. The van der Waals surface area contributed by atoms with Crippen LogP contribution in [-0.2, 0) is 9.59 Å². The number of nitrogens with one attached hydrogen (secondary N) is 2. The zero-order valence-electron chi connectivity index (χ0n) is 16.6. The average molecular weight is 380 g/mol. The molecule has 9 heteroatoms. The van der Waals surface area contributed by atoms with Crippen LogP contribution in [0.1, 0.15) is 44.6 Å². The predicted molar refractivity (Wildman–Crippen MR) is 103 cm³/mol. The number of carbonyl (C=O) groups is 3. The zero-order chi connectivity index (χ0) is 21.1. The van der Waals surface area contributed by atoms with E-state index in [2.05, 4.69) is 24.5 Å². The standard InChI is InChI=1S/C15H20N4O5.C3H8/c1-5-16-9(2)14(12(22)8-20)17-13-7-10(21)6-11(19(13)24)15(23)18(3)4;1-3-2/h6-8,16-17,24H,5H2,1-4H3;3H2,1-2H3/b14-9-;. The molecule has 0 spiro atoms. The lowest BCUT2D eigenvalue weighted by atomic mass is 10.2. The molecule has 9 nitrogen and oxygen atoms in total. The molecular weight excluding hydrogens is 352 g/mol. The smallest absolute Gasteiger partial charge is 0.273 e. The molecule has 0 aliphatic heterocycles. The molecule has 0 fully saturated rings. The van der Waals surface area contributed by atoms with Crippen LogP contribution in [-0.4, -0.2) is 53.5 Å². The number of Topliss-reactive ketones (excluding diaryl/α,β-unsaturated/α-hetero) is 1. The molecule has 27 heavy (non-hydrogen) atoms. The highest BCUT2D eigenvalue weighted by Crippen LogP contribution is 2.13. The fraction of sp³-hybridized carbons (Fsp3) is 0.444. The number of ketones is 1. The molecule has 0 atom stereocenters. The van der Waals surface area contributed by atoms with E-state index in [1.54, 1.807) is 13.8 Å². The number of aromatic nitrogens is 1. The number of hydrogen-bond donors (Lipinski definition) is 3. The molecule has 0 aromatic carbocycles. The van der Waals surface area contributed by atoms with Gasteiger partial charge in [-0.3, -0.25) is 19.2 Å². The summed E-state index contributed by atoms with van der Waals surface area (Å²) in [7, 11) is 2.92. The summed E-state index contributed by atoms with van der Waals surface area (Å²) in [4.78, 5) is 47.6. The van der Waals surface area contributed by atoms with Crippen LogP contribution >= 0.6 is 0 Å². The van der Waals surface area contributed by atoms with Crippen molar-refractivity contribution in [1.82, 2.24) is 14.9 Å². The first-order valence-electron chi connectivity index (χ1n) is 8.53. The fourth-order valence-electron chi connectivity index (χ4n) is 1.91. The molecular formula is C18H28N4O5. The van der Waals surface area contributed by atoms with Gasteiger partial charge in [0.25, 0.3) is 5.91 Å². The van der Waals surface area contributed by atoms with E-state index in [1.165, 1.54) is 25.4 Å². The van der Waals surface area contributed by atoms with Gasteiger partial charge in [0.15, 0.2) is 23.2 Å². The van der Waals surface area contributed by atoms with E-state index < -0.39 is 17.1 Å². The van der Waals surface area contributed by atoms with E-state index in [4.69, 9.17) is 0 Å². The molecule has 1 rings (SSSR count). The fourth-order valence-corrected chi connectivity index (χ4v) is 1.91. The Hall–Kier alpha value is -3.10. The molecule has 1 aromatic rings. The van der Waals surface area contributed by atoms with Gasteiger partial charge in [-0.2, -0.15) is 4.73 Å². The number of carbonyl (C=O) groups excluding carboxylic acids is 3. The van der Waals surface area contributed by atoms with Gasteiger partial charge in [0.1, 0.15) is 5.70 Å². The normalized spacial score (nSPS) is 10.7. The minimum absolute atomic E-state index is 0.109. The summed E-state index contributed by atoms with van der Waals surface area (Å²) in [6, 6.07) is 1.97. The lowest BCUT2D eigenvalue weighted by Crippen LogP contribution is -2.29. The summed E-state index contributed by atoms with van der Waals surface area (Å²) in [6.07, 6.45) is 1.36. The maximum absolute atomic E-state index is 12.0. The minimum Gasteiger partial charge on any atom is -0.426 e. The third kappa shape index (κ3) is 6.96. The van der Waals surface area contributed by atoms with Gasteiger partial charge in [-0.1, -0.05) is 20.3 Å². The van der Waals surface area contributed by atoms with Crippen LogP contribution in [0, 0.1) is 0 Å². The highest BCUT2D eigenvalue weighted by atomic mass is 16.5. The predicted octanol–water partition coefficient (Wildman–Crippen LogP) is 1.22. The number of nitrogens with zero attached hydrogens (tertiary/aromatic N) is 2. The summed E-state index contributed by atoms with van der Waals surface area (Å²) in [5.74, 6) is -1.69. The van der Waals surface area contributed by atoms with Crippen molar-refractivity contribution in [3.63, 3.8) is 0 Å². The Morgan fingerprint density at radius 2 is 1.78 bits per heavy atom. The van der Waals surface area contributed by atoms with Crippen molar-refractivity contribution < 1.29 is 19.6 Å². The van der Waals surface area contributed by atoms with Crippen molar-refractivity contribution in [1.29, 1.82) is 0 Å². The molecule has 0 bridgehead atoms. The second-order valence-electron chi connectivity index (χ2n) is 5.82. The first kappa shape index (κ1) is 23.9. The van der Waals surface area contributed by atoms with Crippen molar-refractivity contribution in [3.05, 3.63) is 39.4 Å². The molecule has 1 aromatic heterocycles. The van der Waals surface area contributed by atoms with Gasteiger partial charge in [0.2, 0.25) is 5.78 Å². The second kappa shape index (κ2) is 11.5. The van der Waals surface area contributed by atoms with Gasteiger partial charge in [-0.25, -0.2) is 0 Å². The van der Waals surface area contributed by atoms with Crippen LogP contribution < -0.4 is 16.1 Å². The van der Waals surface area contributed by atoms with Crippen molar-refractivity contribution in [2.75, 3.05) is 26.0 Å². The summed E-state index contributed by atoms with van der Waals surface area (Å²) >= 11 is 0. The molecule has 0 saturated carbocycles. The van der Waals surface area contributed by atoms with Gasteiger partial charge in [0.05, 0.1) is 0 Å². The maximum Gasteiger partial charge on any atom is 0.273 e. The minimum atomic E-state index is -0.870. The number of aldehydes is 1. The van der Waals surface area contributed by atoms with E-state index >= 15 is 0 Å². The van der Waals surface area contributed by atoms with Gasteiger partial charge in [0, 0.05) is 38.5 Å². The average Bonchev–Trinajstić information content (AvgIpc) is 2.61. The van der Waals surface area contributed by atoms with Gasteiger partial charge in [-0.15, -0.1) is 0 Å². The quantitative estimate of drug-likeness (QED) is 0.281. The molecule has 1 heterocycles. The number of hydrogen-bond acceptors (Lipinski definition) is 7. The summed E-state index contributed by atoms with van der Waals surface area (Å²) < 4.78 is 0.459. The number of allylic oxidation sites excluding steroid dienone is 2. The summed E-state index contributed by atoms with van der Waals surface area (Å²) in [5, 5.41) is 15.6. The van der Waals surface area contributed by atoms with Gasteiger partial charge in [-0.05, 0) is 13.8 Å². The molecule has 3 N–H and O–H groups in total. The lowest BCUT2D eigenvalue weighted by Gasteiger charge is -2.17. The lowest BCUT2D eigenvalue weighted by molar-refractivity contribution is -0.127. The van der Waals surface area contributed by atoms with Crippen LogP contribution in [0.2, 0.25) is 0 Å². The summed E-state index contributed by atoms with van der Waals surface area (Å²) in [5.41, 5.74) is -0.615.